The number of aryl methyl sites for hydroxylation is 4. The lowest BCUT2D eigenvalue weighted by Crippen LogP contribution is -2.25. The zero-order valence-electron chi connectivity index (χ0n) is 19.4. The molecule has 5 nitrogen and oxygen atoms in total. The van der Waals surface area contributed by atoms with E-state index in [9.17, 15) is 0 Å². The average Bonchev–Trinajstić information content (AvgIpc) is 3.23. The molecular formula is C26H33N5. The lowest BCUT2D eigenvalue weighted by Gasteiger charge is -2.20. The molecule has 0 saturated heterocycles. The van der Waals surface area contributed by atoms with Crippen molar-refractivity contribution in [3.8, 4) is 5.69 Å². The van der Waals surface area contributed by atoms with Crippen molar-refractivity contribution in [3.63, 3.8) is 0 Å². The number of imidazole rings is 2. The first-order valence-corrected chi connectivity index (χ1v) is 11.3. The molecule has 0 radical (unpaired) electrons. The summed E-state index contributed by atoms with van der Waals surface area (Å²) in [6, 6.07) is 8.66. The summed E-state index contributed by atoms with van der Waals surface area (Å²) in [5, 5.41) is 0. The molecule has 0 aliphatic heterocycles. The van der Waals surface area contributed by atoms with E-state index in [1.54, 1.807) is 0 Å². The fourth-order valence-corrected chi connectivity index (χ4v) is 4.84. The highest BCUT2D eigenvalue weighted by atomic mass is 15.3. The van der Waals surface area contributed by atoms with Crippen LogP contribution in [0.2, 0.25) is 0 Å². The van der Waals surface area contributed by atoms with Crippen molar-refractivity contribution < 1.29 is 0 Å². The van der Waals surface area contributed by atoms with Gasteiger partial charge in [-0.05, 0) is 63.4 Å². The molecule has 31 heavy (non-hydrogen) atoms. The Morgan fingerprint density at radius 3 is 2.52 bits per heavy atom. The molecule has 0 fully saturated rings. The zero-order chi connectivity index (χ0) is 22.1. The molecule has 0 N–H and O–H groups in total. The topological polar surface area (TPSA) is 38.4 Å². The second-order valence-corrected chi connectivity index (χ2v) is 8.45. The van der Waals surface area contributed by atoms with Gasteiger partial charge in [-0.25, -0.2) is 9.97 Å². The first kappa shape index (κ1) is 21.3. The van der Waals surface area contributed by atoms with Gasteiger partial charge in [0, 0.05) is 19.3 Å². The van der Waals surface area contributed by atoms with E-state index in [1.807, 2.05) is 18.3 Å². The average molecular weight is 416 g/mol. The van der Waals surface area contributed by atoms with Crippen LogP contribution in [-0.2, 0) is 13.0 Å². The molecule has 0 spiro atoms. The fourth-order valence-electron chi connectivity index (χ4n) is 4.84. The summed E-state index contributed by atoms with van der Waals surface area (Å²) in [5.74, 6) is 0.950. The van der Waals surface area contributed by atoms with Crippen LogP contribution in [0.25, 0.3) is 22.6 Å². The van der Waals surface area contributed by atoms with Crippen molar-refractivity contribution in [3.05, 3.63) is 71.2 Å². The van der Waals surface area contributed by atoms with Crippen LogP contribution >= 0.6 is 0 Å². The van der Waals surface area contributed by atoms with E-state index in [-0.39, 0.29) is 0 Å². The third kappa shape index (κ3) is 3.68. The molecule has 3 heterocycles. The Morgan fingerprint density at radius 1 is 1.13 bits per heavy atom. The van der Waals surface area contributed by atoms with Crippen molar-refractivity contribution in [1.82, 2.24) is 23.8 Å². The Hall–Kier alpha value is -2.92. The zero-order valence-corrected chi connectivity index (χ0v) is 19.4. The van der Waals surface area contributed by atoms with Crippen molar-refractivity contribution in [1.29, 1.82) is 0 Å². The molecule has 4 aromatic rings. The molecule has 0 aliphatic carbocycles. The van der Waals surface area contributed by atoms with Crippen LogP contribution in [-0.4, -0.2) is 36.9 Å². The van der Waals surface area contributed by atoms with Gasteiger partial charge in [-0.15, -0.1) is 6.58 Å². The van der Waals surface area contributed by atoms with Gasteiger partial charge in [0.2, 0.25) is 5.78 Å². The largest absolute Gasteiger partial charge is 0.294 e. The van der Waals surface area contributed by atoms with Gasteiger partial charge in [-0.1, -0.05) is 37.6 Å². The minimum atomic E-state index is 0.851. The van der Waals surface area contributed by atoms with Gasteiger partial charge in [0.15, 0.2) is 5.65 Å². The van der Waals surface area contributed by atoms with Crippen LogP contribution in [0.1, 0.15) is 48.3 Å². The molecule has 162 valence electrons. The number of rotatable bonds is 8. The van der Waals surface area contributed by atoms with Crippen LogP contribution in [0, 0.1) is 20.8 Å². The van der Waals surface area contributed by atoms with E-state index in [0.717, 1.165) is 55.1 Å². The normalized spacial score (nSPS) is 11.8. The van der Waals surface area contributed by atoms with Crippen molar-refractivity contribution in [2.24, 2.45) is 0 Å². The number of hydrogen-bond acceptors (Lipinski definition) is 3. The van der Waals surface area contributed by atoms with Gasteiger partial charge < -0.3 is 0 Å². The number of fused-ring (bicyclic) bond motifs is 3. The standard InChI is InChI=1S/C26H33N5/c1-7-13-29(14-8-2)17-23-21(9-3)28-26-30(23)22-11-10-12-27-25(22)31(26)24-19(5)15-18(4)16-20(24)6/h7,10-12,15-16H,1,8-9,13-14,17H2,2-6H3. The molecule has 4 rings (SSSR count). The Labute approximate surface area is 185 Å². The molecule has 0 unspecified atom stereocenters. The predicted molar refractivity (Wildman–Crippen MR) is 129 cm³/mol. The van der Waals surface area contributed by atoms with Crippen LogP contribution < -0.4 is 0 Å². The van der Waals surface area contributed by atoms with Gasteiger partial charge in [0.05, 0.1) is 22.6 Å². The molecule has 5 heteroatoms. The first-order valence-electron chi connectivity index (χ1n) is 11.3. The maximum Gasteiger partial charge on any atom is 0.221 e. The molecule has 1 aromatic carbocycles. The third-order valence-electron chi connectivity index (χ3n) is 5.95. The van der Waals surface area contributed by atoms with Crippen LogP contribution in [0.15, 0.2) is 43.1 Å². The summed E-state index contributed by atoms with van der Waals surface area (Å²) < 4.78 is 4.57. The number of nitrogens with zero attached hydrogens (tertiary/aromatic N) is 5. The van der Waals surface area contributed by atoms with E-state index in [1.165, 1.54) is 28.1 Å². The Balaban J connectivity index is 2.03. The monoisotopic (exact) mass is 415 g/mol. The van der Waals surface area contributed by atoms with Gasteiger partial charge in [0.25, 0.3) is 0 Å². The Kier molecular flexibility index (Phi) is 5.96. The maximum atomic E-state index is 5.16. The number of pyridine rings is 1. The summed E-state index contributed by atoms with van der Waals surface area (Å²) in [6.07, 6.45) is 5.88. The van der Waals surface area contributed by atoms with E-state index in [0.29, 0.717) is 0 Å². The summed E-state index contributed by atoms with van der Waals surface area (Å²) in [4.78, 5) is 12.4. The first-order chi connectivity index (χ1) is 15.0. The molecular weight excluding hydrogens is 382 g/mol. The van der Waals surface area contributed by atoms with Crippen molar-refractivity contribution in [2.45, 2.75) is 54.0 Å². The van der Waals surface area contributed by atoms with E-state index in [2.05, 4.69) is 73.3 Å². The number of aromatic nitrogens is 4. The molecule has 0 amide bonds. The van der Waals surface area contributed by atoms with E-state index >= 15 is 0 Å². The SMILES string of the molecule is C=CCN(CCC)Cc1c(CC)nc2n(-c3c(C)cc(C)cc3C)c3ncccc3n12. The molecule has 3 aromatic heterocycles. The van der Waals surface area contributed by atoms with Crippen molar-refractivity contribution >= 4 is 16.9 Å². The highest BCUT2D eigenvalue weighted by molar-refractivity contribution is 5.81. The molecule has 0 aliphatic rings. The van der Waals surface area contributed by atoms with Crippen LogP contribution in [0.5, 0.6) is 0 Å². The molecule has 0 atom stereocenters. The molecule has 0 saturated carbocycles. The van der Waals surface area contributed by atoms with Crippen LogP contribution in [0.4, 0.5) is 0 Å². The summed E-state index contributed by atoms with van der Waals surface area (Å²) >= 11 is 0. The minimum Gasteiger partial charge on any atom is -0.294 e. The minimum absolute atomic E-state index is 0.851. The highest BCUT2D eigenvalue weighted by Gasteiger charge is 2.23. The van der Waals surface area contributed by atoms with E-state index < -0.39 is 0 Å². The smallest absolute Gasteiger partial charge is 0.221 e. The lowest BCUT2D eigenvalue weighted by molar-refractivity contribution is 0.290. The second kappa shape index (κ2) is 8.67. The Bertz CT molecular complexity index is 1220. The summed E-state index contributed by atoms with van der Waals surface area (Å²) in [7, 11) is 0. The lowest BCUT2D eigenvalue weighted by atomic mass is 10.1. The summed E-state index contributed by atoms with van der Waals surface area (Å²) in [6.45, 7) is 17.6. The maximum absolute atomic E-state index is 5.16. The van der Waals surface area contributed by atoms with E-state index in [4.69, 9.17) is 9.97 Å². The second-order valence-electron chi connectivity index (χ2n) is 8.45. The summed E-state index contributed by atoms with van der Waals surface area (Å²) in [5.41, 5.74) is 9.41. The highest BCUT2D eigenvalue weighted by Crippen LogP contribution is 2.31. The predicted octanol–water partition coefficient (Wildman–Crippen LogP) is 5.56. The number of benzene rings is 1. The quantitative estimate of drug-likeness (QED) is 0.354. The van der Waals surface area contributed by atoms with Gasteiger partial charge in [-0.3, -0.25) is 13.9 Å². The number of hydrogen-bond donors (Lipinski definition) is 0. The third-order valence-corrected chi connectivity index (χ3v) is 5.95. The Morgan fingerprint density at radius 2 is 1.87 bits per heavy atom. The van der Waals surface area contributed by atoms with Crippen molar-refractivity contribution in [2.75, 3.05) is 13.1 Å². The van der Waals surface area contributed by atoms with Gasteiger partial charge >= 0.3 is 0 Å². The van der Waals surface area contributed by atoms with Gasteiger partial charge in [-0.2, -0.15) is 0 Å². The fraction of sp³-hybridized carbons (Fsp3) is 0.385. The van der Waals surface area contributed by atoms with Crippen LogP contribution in [0.3, 0.4) is 0 Å². The van der Waals surface area contributed by atoms with Gasteiger partial charge in [0.1, 0.15) is 0 Å². The molecule has 0 bridgehead atoms.